The maximum absolute atomic E-state index is 6.56. The predicted octanol–water partition coefficient (Wildman–Crippen LogP) is 5.62. The van der Waals surface area contributed by atoms with E-state index in [9.17, 15) is 0 Å². The number of hydrogen-bond acceptors (Lipinski definition) is 3. The molecule has 0 bridgehead atoms. The molecule has 1 aliphatic heterocycles. The molecular formula is C24H29ClN2O. The number of nitrogens with zero attached hydrogens (tertiary/aromatic N) is 2. The van der Waals surface area contributed by atoms with Crippen molar-refractivity contribution in [3.8, 4) is 0 Å². The van der Waals surface area contributed by atoms with Gasteiger partial charge in [-0.05, 0) is 66.5 Å². The van der Waals surface area contributed by atoms with Gasteiger partial charge in [-0.1, -0.05) is 42.8 Å². The minimum atomic E-state index is 0.318. The van der Waals surface area contributed by atoms with Gasteiger partial charge < -0.3 is 4.74 Å². The highest BCUT2D eigenvalue weighted by Crippen LogP contribution is 2.43. The van der Waals surface area contributed by atoms with Crippen molar-refractivity contribution < 1.29 is 4.74 Å². The smallest absolute Gasteiger partial charge is 0.0990 e. The third-order valence-electron chi connectivity index (χ3n) is 6.16. The summed E-state index contributed by atoms with van der Waals surface area (Å²) < 4.78 is 5.62. The number of benzene rings is 1. The molecule has 1 atom stereocenters. The molecule has 3 nitrogen and oxygen atoms in total. The summed E-state index contributed by atoms with van der Waals surface area (Å²) >= 11 is 6.56. The number of aryl methyl sites for hydroxylation is 1. The molecule has 2 heterocycles. The average molecular weight is 397 g/mol. The molecule has 4 rings (SSSR count). The maximum atomic E-state index is 6.56. The summed E-state index contributed by atoms with van der Waals surface area (Å²) in [6.45, 7) is 7.92. The minimum absolute atomic E-state index is 0.318. The van der Waals surface area contributed by atoms with Gasteiger partial charge in [-0.25, -0.2) is 0 Å². The van der Waals surface area contributed by atoms with Crippen LogP contribution in [0.1, 0.15) is 60.6 Å². The first-order chi connectivity index (χ1) is 13.7. The van der Waals surface area contributed by atoms with E-state index in [2.05, 4.69) is 49.1 Å². The molecule has 0 spiro atoms. The number of pyridine rings is 1. The first kappa shape index (κ1) is 19.6. The van der Waals surface area contributed by atoms with Crippen LogP contribution in [0.4, 0.5) is 0 Å². The number of rotatable bonds is 5. The van der Waals surface area contributed by atoms with Crippen LogP contribution in [0, 0.1) is 5.92 Å². The van der Waals surface area contributed by atoms with Gasteiger partial charge in [0.2, 0.25) is 0 Å². The number of aromatic nitrogens is 1. The number of piperidine rings is 1. The third kappa shape index (κ3) is 3.89. The van der Waals surface area contributed by atoms with E-state index < -0.39 is 0 Å². The van der Waals surface area contributed by atoms with Crippen LogP contribution in [0.5, 0.6) is 0 Å². The number of fused-ring (bicyclic) bond motifs is 2. The van der Waals surface area contributed by atoms with Crippen molar-refractivity contribution in [2.24, 2.45) is 5.92 Å². The first-order valence-corrected chi connectivity index (χ1v) is 10.8. The standard InChI is InChI=1S/C24H29ClN2O/c1-3-17-14-21-20(15-22(17)25)8-7-19-6-5-11-26-24(19)23(21)18-9-12-27(13-10-18)16-28-4-2/h5-8,11,14-15,18,23H,3-4,9-10,12-13,16H2,1-2H3. The zero-order chi connectivity index (χ0) is 19.5. The summed E-state index contributed by atoms with van der Waals surface area (Å²) in [6, 6.07) is 8.70. The zero-order valence-corrected chi connectivity index (χ0v) is 17.6. The van der Waals surface area contributed by atoms with Crippen LogP contribution in [0.3, 0.4) is 0 Å². The van der Waals surface area contributed by atoms with E-state index in [0.717, 1.165) is 50.7 Å². The highest BCUT2D eigenvalue weighted by molar-refractivity contribution is 6.31. The van der Waals surface area contributed by atoms with Gasteiger partial charge in [0.1, 0.15) is 0 Å². The summed E-state index contributed by atoms with van der Waals surface area (Å²) in [5, 5.41) is 0.870. The fourth-order valence-corrected chi connectivity index (χ4v) is 4.91. The van der Waals surface area contributed by atoms with Crippen molar-refractivity contribution in [2.45, 2.75) is 39.0 Å². The van der Waals surface area contributed by atoms with E-state index in [1.807, 2.05) is 12.3 Å². The molecular weight excluding hydrogens is 368 g/mol. The second-order valence-corrected chi connectivity index (χ2v) is 8.20. The summed E-state index contributed by atoms with van der Waals surface area (Å²) in [5.41, 5.74) is 6.30. The Kier molecular flexibility index (Phi) is 6.15. The average Bonchev–Trinajstić information content (AvgIpc) is 2.88. The van der Waals surface area contributed by atoms with Gasteiger partial charge in [-0.3, -0.25) is 9.88 Å². The van der Waals surface area contributed by atoms with Gasteiger partial charge in [0.05, 0.1) is 12.4 Å². The fourth-order valence-electron chi connectivity index (χ4n) is 4.61. The van der Waals surface area contributed by atoms with Gasteiger partial charge >= 0.3 is 0 Å². The second-order valence-electron chi connectivity index (χ2n) is 7.79. The highest BCUT2D eigenvalue weighted by atomic mass is 35.5. The van der Waals surface area contributed by atoms with Crippen LogP contribution in [-0.2, 0) is 11.2 Å². The van der Waals surface area contributed by atoms with E-state index in [-0.39, 0.29) is 0 Å². The van der Waals surface area contributed by atoms with Gasteiger partial charge in [0, 0.05) is 36.8 Å². The number of hydrogen-bond donors (Lipinski definition) is 0. The number of likely N-dealkylation sites (tertiary alicyclic amines) is 1. The Morgan fingerprint density at radius 3 is 2.68 bits per heavy atom. The number of halogens is 1. The maximum Gasteiger partial charge on any atom is 0.0990 e. The van der Waals surface area contributed by atoms with Crippen molar-refractivity contribution in [1.82, 2.24) is 9.88 Å². The summed E-state index contributed by atoms with van der Waals surface area (Å²) in [6.07, 6.45) is 9.63. The predicted molar refractivity (Wildman–Crippen MR) is 117 cm³/mol. The van der Waals surface area contributed by atoms with Crippen molar-refractivity contribution >= 4 is 23.8 Å². The zero-order valence-electron chi connectivity index (χ0n) is 16.8. The van der Waals surface area contributed by atoms with Crippen LogP contribution in [0.2, 0.25) is 5.02 Å². The summed E-state index contributed by atoms with van der Waals surface area (Å²) in [5.74, 6) is 0.897. The monoisotopic (exact) mass is 396 g/mol. The van der Waals surface area contributed by atoms with Crippen molar-refractivity contribution in [3.63, 3.8) is 0 Å². The fraction of sp³-hybridized carbons (Fsp3) is 0.458. The molecule has 1 saturated heterocycles. The van der Waals surface area contributed by atoms with Crippen LogP contribution < -0.4 is 0 Å². The largest absolute Gasteiger partial charge is 0.366 e. The lowest BCUT2D eigenvalue weighted by Gasteiger charge is -2.36. The van der Waals surface area contributed by atoms with Gasteiger partial charge in [0.25, 0.3) is 0 Å². The van der Waals surface area contributed by atoms with E-state index >= 15 is 0 Å². The summed E-state index contributed by atoms with van der Waals surface area (Å²) in [7, 11) is 0. The lowest BCUT2D eigenvalue weighted by molar-refractivity contribution is 0.0151. The van der Waals surface area contributed by atoms with Crippen molar-refractivity contribution in [3.05, 3.63) is 63.4 Å². The van der Waals surface area contributed by atoms with Crippen LogP contribution >= 0.6 is 11.6 Å². The molecule has 1 fully saturated rings. The lowest BCUT2D eigenvalue weighted by Crippen LogP contribution is -2.37. The normalized spacial score (nSPS) is 19.9. The minimum Gasteiger partial charge on any atom is -0.366 e. The Balaban J connectivity index is 1.71. The van der Waals surface area contributed by atoms with Gasteiger partial charge in [0.15, 0.2) is 0 Å². The lowest BCUT2D eigenvalue weighted by atomic mass is 9.76. The van der Waals surface area contributed by atoms with Crippen LogP contribution in [0.25, 0.3) is 12.2 Å². The van der Waals surface area contributed by atoms with Crippen LogP contribution in [0.15, 0.2) is 30.5 Å². The molecule has 2 aromatic rings. The van der Waals surface area contributed by atoms with Crippen LogP contribution in [-0.4, -0.2) is 36.3 Å². The second kappa shape index (κ2) is 8.77. The molecule has 0 amide bonds. The molecule has 0 N–H and O–H groups in total. The highest BCUT2D eigenvalue weighted by Gasteiger charge is 2.33. The molecule has 1 aromatic carbocycles. The first-order valence-electron chi connectivity index (χ1n) is 10.5. The van der Waals surface area contributed by atoms with E-state index in [0.29, 0.717) is 11.8 Å². The molecule has 148 valence electrons. The Hall–Kier alpha value is -1.68. The molecule has 0 saturated carbocycles. The SMILES string of the molecule is CCOCN1CCC(C2c3cc(CC)c(Cl)cc3C=Cc3cccnc32)CC1. The molecule has 28 heavy (non-hydrogen) atoms. The van der Waals surface area contributed by atoms with E-state index in [4.69, 9.17) is 21.3 Å². The molecule has 1 aliphatic carbocycles. The van der Waals surface area contributed by atoms with Crippen molar-refractivity contribution in [1.29, 1.82) is 0 Å². The molecule has 4 heteroatoms. The number of ether oxygens (including phenoxy) is 1. The molecule has 1 aromatic heterocycles. The Bertz CT molecular complexity index is 856. The van der Waals surface area contributed by atoms with E-state index in [1.165, 1.54) is 27.9 Å². The Morgan fingerprint density at radius 1 is 1.14 bits per heavy atom. The Labute approximate surface area is 173 Å². The third-order valence-corrected chi connectivity index (χ3v) is 6.51. The van der Waals surface area contributed by atoms with E-state index in [1.54, 1.807) is 0 Å². The summed E-state index contributed by atoms with van der Waals surface area (Å²) in [4.78, 5) is 7.28. The van der Waals surface area contributed by atoms with Gasteiger partial charge in [-0.15, -0.1) is 0 Å². The molecule has 2 aliphatic rings. The molecule has 1 unspecified atom stereocenters. The Morgan fingerprint density at radius 2 is 1.93 bits per heavy atom. The topological polar surface area (TPSA) is 25.4 Å². The van der Waals surface area contributed by atoms with Gasteiger partial charge in [-0.2, -0.15) is 0 Å². The van der Waals surface area contributed by atoms with Crippen molar-refractivity contribution in [2.75, 3.05) is 26.4 Å². The molecule has 0 radical (unpaired) electrons. The quantitative estimate of drug-likeness (QED) is 0.655.